The SMILES string of the molecule is CC(C)OC(=O)c1csc(C(O)Nc2ccccc2N)n1. The molecule has 1 heterocycles. The van der Waals surface area contributed by atoms with Gasteiger partial charge in [-0.3, -0.25) is 0 Å². The standard InChI is InChI=1S/C14H17N3O3S/c1-8(2)20-14(19)11-7-21-13(17-11)12(18)16-10-6-4-3-5-9(10)15/h3-8,12,16,18H,15H2,1-2H3. The molecule has 2 rings (SSSR count). The van der Waals surface area contributed by atoms with Crippen LogP contribution in [0.1, 0.15) is 35.6 Å². The number of carbonyl (C=O) groups is 1. The average Bonchev–Trinajstić information content (AvgIpc) is 2.90. The Morgan fingerprint density at radius 3 is 2.81 bits per heavy atom. The fraction of sp³-hybridized carbons (Fsp3) is 0.286. The minimum atomic E-state index is -1.04. The van der Waals surface area contributed by atoms with E-state index in [-0.39, 0.29) is 11.8 Å². The molecule has 0 bridgehead atoms. The van der Waals surface area contributed by atoms with Gasteiger partial charge < -0.3 is 20.9 Å². The number of rotatable bonds is 5. The quantitative estimate of drug-likeness (QED) is 0.446. The first-order chi connectivity index (χ1) is 9.97. The molecule has 6 nitrogen and oxygen atoms in total. The molecule has 1 atom stereocenters. The van der Waals surface area contributed by atoms with E-state index in [0.29, 0.717) is 16.4 Å². The maximum absolute atomic E-state index is 11.7. The van der Waals surface area contributed by atoms with Gasteiger partial charge in [-0.05, 0) is 26.0 Å². The van der Waals surface area contributed by atoms with Crippen molar-refractivity contribution in [3.8, 4) is 0 Å². The van der Waals surface area contributed by atoms with Crippen molar-refractivity contribution in [2.75, 3.05) is 11.1 Å². The van der Waals surface area contributed by atoms with Gasteiger partial charge in [0.25, 0.3) is 0 Å². The molecule has 21 heavy (non-hydrogen) atoms. The number of nitrogens with zero attached hydrogens (tertiary/aromatic N) is 1. The number of nitrogen functional groups attached to an aromatic ring is 1. The van der Waals surface area contributed by atoms with Gasteiger partial charge in [-0.25, -0.2) is 9.78 Å². The molecule has 0 aliphatic carbocycles. The second-order valence-electron chi connectivity index (χ2n) is 4.66. The van der Waals surface area contributed by atoms with E-state index in [4.69, 9.17) is 10.5 Å². The van der Waals surface area contributed by atoms with E-state index in [1.807, 2.05) is 0 Å². The Balaban J connectivity index is 2.07. The molecule has 112 valence electrons. The number of esters is 1. The number of hydrogen-bond acceptors (Lipinski definition) is 7. The van der Waals surface area contributed by atoms with Crippen molar-refractivity contribution in [2.45, 2.75) is 26.2 Å². The van der Waals surface area contributed by atoms with Gasteiger partial charge in [0, 0.05) is 5.38 Å². The molecule has 0 radical (unpaired) electrons. The van der Waals surface area contributed by atoms with Gasteiger partial charge in [0.15, 0.2) is 11.9 Å². The zero-order valence-corrected chi connectivity index (χ0v) is 12.6. The fourth-order valence-electron chi connectivity index (χ4n) is 1.62. The molecular weight excluding hydrogens is 290 g/mol. The molecule has 1 aromatic carbocycles. The largest absolute Gasteiger partial charge is 0.458 e. The Morgan fingerprint density at radius 1 is 1.43 bits per heavy atom. The Bertz CT molecular complexity index is 627. The summed E-state index contributed by atoms with van der Waals surface area (Å²) in [5.41, 5.74) is 7.10. The minimum Gasteiger partial charge on any atom is -0.458 e. The number of nitrogens with one attached hydrogen (secondary N) is 1. The van der Waals surface area contributed by atoms with Crippen LogP contribution < -0.4 is 11.1 Å². The van der Waals surface area contributed by atoms with E-state index in [0.717, 1.165) is 0 Å². The van der Waals surface area contributed by atoms with Crippen LogP contribution in [0.5, 0.6) is 0 Å². The second kappa shape index (κ2) is 6.55. The zero-order valence-electron chi connectivity index (χ0n) is 11.7. The normalized spacial score (nSPS) is 12.2. The number of aromatic nitrogens is 1. The first-order valence-electron chi connectivity index (χ1n) is 6.43. The van der Waals surface area contributed by atoms with Crippen molar-refractivity contribution in [2.24, 2.45) is 0 Å². The monoisotopic (exact) mass is 307 g/mol. The highest BCUT2D eigenvalue weighted by Gasteiger charge is 2.18. The summed E-state index contributed by atoms with van der Waals surface area (Å²) < 4.78 is 5.05. The van der Waals surface area contributed by atoms with Gasteiger partial charge in [-0.2, -0.15) is 0 Å². The smallest absolute Gasteiger partial charge is 0.358 e. The molecular formula is C14H17N3O3S. The third kappa shape index (κ3) is 3.93. The van der Waals surface area contributed by atoms with Gasteiger partial charge in [0.2, 0.25) is 0 Å². The lowest BCUT2D eigenvalue weighted by atomic mass is 10.2. The van der Waals surface area contributed by atoms with Gasteiger partial charge in [-0.15, -0.1) is 11.3 Å². The van der Waals surface area contributed by atoms with Crippen LogP contribution in [0.25, 0.3) is 0 Å². The third-order valence-electron chi connectivity index (χ3n) is 2.56. The lowest BCUT2D eigenvalue weighted by molar-refractivity contribution is 0.0371. The molecule has 1 unspecified atom stereocenters. The highest BCUT2D eigenvalue weighted by atomic mass is 32.1. The predicted octanol–water partition coefficient (Wildman–Crippen LogP) is 2.39. The number of aliphatic hydroxyl groups is 1. The summed E-state index contributed by atoms with van der Waals surface area (Å²) in [6.45, 7) is 3.53. The topological polar surface area (TPSA) is 97.5 Å². The molecule has 0 fully saturated rings. The number of ether oxygens (including phenoxy) is 1. The van der Waals surface area contributed by atoms with Crippen LogP contribution in [0.3, 0.4) is 0 Å². The number of anilines is 2. The number of carbonyl (C=O) groups excluding carboxylic acids is 1. The lowest BCUT2D eigenvalue weighted by Crippen LogP contribution is -2.14. The van der Waals surface area contributed by atoms with Crippen LogP contribution >= 0.6 is 11.3 Å². The Morgan fingerprint density at radius 2 is 2.14 bits per heavy atom. The summed E-state index contributed by atoms with van der Waals surface area (Å²) in [6.07, 6.45) is -1.25. The zero-order chi connectivity index (χ0) is 15.4. The predicted molar refractivity (Wildman–Crippen MR) is 82.1 cm³/mol. The van der Waals surface area contributed by atoms with E-state index >= 15 is 0 Å². The summed E-state index contributed by atoms with van der Waals surface area (Å²) >= 11 is 1.17. The van der Waals surface area contributed by atoms with Gasteiger partial charge in [0.1, 0.15) is 5.01 Å². The Hall–Kier alpha value is -2.12. The maximum Gasteiger partial charge on any atom is 0.358 e. The second-order valence-corrected chi connectivity index (χ2v) is 5.55. The highest BCUT2D eigenvalue weighted by molar-refractivity contribution is 7.09. The van der Waals surface area contributed by atoms with E-state index in [9.17, 15) is 9.90 Å². The van der Waals surface area contributed by atoms with Crippen molar-refractivity contribution < 1.29 is 14.6 Å². The number of para-hydroxylation sites is 2. The van der Waals surface area contributed by atoms with Crippen molar-refractivity contribution >= 4 is 28.7 Å². The molecule has 0 aliphatic heterocycles. The first kappa shape index (κ1) is 15.3. The summed E-state index contributed by atoms with van der Waals surface area (Å²) in [5, 5.41) is 14.9. The molecule has 0 aliphatic rings. The minimum absolute atomic E-state index is 0.186. The van der Waals surface area contributed by atoms with E-state index < -0.39 is 12.2 Å². The molecule has 1 aromatic heterocycles. The summed E-state index contributed by atoms with van der Waals surface area (Å²) in [5.74, 6) is -0.501. The Labute approximate surface area is 126 Å². The van der Waals surface area contributed by atoms with Crippen LogP contribution in [0, 0.1) is 0 Å². The van der Waals surface area contributed by atoms with E-state index in [1.54, 1.807) is 43.5 Å². The van der Waals surface area contributed by atoms with Crippen LogP contribution in [0.4, 0.5) is 11.4 Å². The molecule has 0 saturated heterocycles. The molecule has 2 aromatic rings. The molecule has 0 saturated carbocycles. The molecule has 0 spiro atoms. The number of nitrogens with two attached hydrogens (primary N) is 1. The summed E-state index contributed by atoms with van der Waals surface area (Å²) in [4.78, 5) is 15.8. The van der Waals surface area contributed by atoms with Crippen LogP contribution in [-0.2, 0) is 4.74 Å². The Kier molecular flexibility index (Phi) is 4.77. The molecule has 4 N–H and O–H groups in total. The van der Waals surface area contributed by atoms with Crippen LogP contribution in [0.15, 0.2) is 29.6 Å². The lowest BCUT2D eigenvalue weighted by Gasteiger charge is -2.13. The summed E-state index contributed by atoms with van der Waals surface area (Å²) in [7, 11) is 0. The van der Waals surface area contributed by atoms with Gasteiger partial charge in [0.05, 0.1) is 17.5 Å². The van der Waals surface area contributed by atoms with Crippen molar-refractivity contribution in [1.29, 1.82) is 0 Å². The van der Waals surface area contributed by atoms with E-state index in [2.05, 4.69) is 10.3 Å². The van der Waals surface area contributed by atoms with Crippen molar-refractivity contribution in [1.82, 2.24) is 4.98 Å². The highest BCUT2D eigenvalue weighted by Crippen LogP contribution is 2.24. The maximum atomic E-state index is 11.7. The number of aliphatic hydroxyl groups excluding tert-OH is 1. The number of thiazole rings is 1. The van der Waals surface area contributed by atoms with Gasteiger partial charge in [-0.1, -0.05) is 12.1 Å². The number of hydrogen-bond donors (Lipinski definition) is 3. The third-order valence-corrected chi connectivity index (χ3v) is 3.46. The fourth-order valence-corrected chi connectivity index (χ4v) is 2.34. The molecule has 7 heteroatoms. The first-order valence-corrected chi connectivity index (χ1v) is 7.31. The van der Waals surface area contributed by atoms with E-state index in [1.165, 1.54) is 11.3 Å². The van der Waals surface area contributed by atoms with Crippen molar-refractivity contribution in [3.63, 3.8) is 0 Å². The van der Waals surface area contributed by atoms with Crippen LogP contribution in [-0.4, -0.2) is 22.2 Å². The number of benzene rings is 1. The van der Waals surface area contributed by atoms with Crippen LogP contribution in [0.2, 0.25) is 0 Å². The molecule has 0 amide bonds. The average molecular weight is 307 g/mol. The van der Waals surface area contributed by atoms with Crippen molar-refractivity contribution in [3.05, 3.63) is 40.3 Å². The van der Waals surface area contributed by atoms with Gasteiger partial charge >= 0.3 is 5.97 Å². The summed E-state index contributed by atoms with van der Waals surface area (Å²) in [6, 6.07) is 7.08.